The lowest BCUT2D eigenvalue weighted by Gasteiger charge is -2.34. The summed E-state index contributed by atoms with van der Waals surface area (Å²) in [6.07, 6.45) is 0. The Bertz CT molecular complexity index is 259. The molecule has 0 spiro atoms. The van der Waals surface area contributed by atoms with E-state index >= 15 is 0 Å². The Morgan fingerprint density at radius 2 is 1.35 bits per heavy atom. The minimum Gasteiger partial charge on any atom is -0.379 e. The highest BCUT2D eigenvalue weighted by Gasteiger charge is 2.15. The topological polar surface area (TPSA) is 49.0 Å². The van der Waals surface area contributed by atoms with Crippen LogP contribution in [0.3, 0.4) is 0 Å². The molecule has 6 nitrogen and oxygen atoms in total. The summed E-state index contributed by atoms with van der Waals surface area (Å²) in [6.45, 7) is 19.3. The molecule has 2 N–H and O–H groups in total. The van der Waals surface area contributed by atoms with Crippen molar-refractivity contribution in [2.75, 3.05) is 85.3 Å². The van der Waals surface area contributed by atoms with Gasteiger partial charge in [0.05, 0.1) is 26.4 Å². The predicted molar refractivity (Wildman–Crippen MR) is 96.2 cm³/mol. The average Bonchev–Trinajstić information content (AvgIpc) is 2.55. The Labute approximate surface area is 142 Å². The zero-order chi connectivity index (χ0) is 16.8. The van der Waals surface area contributed by atoms with E-state index in [1.54, 1.807) is 0 Å². The first-order valence-electron chi connectivity index (χ1n) is 9.26. The normalized spacial score (nSPS) is 17.2. The van der Waals surface area contributed by atoms with Gasteiger partial charge in [0, 0.05) is 58.4 Å². The number of nitrogens with one attached hydrogen (secondary N) is 2. The van der Waals surface area contributed by atoms with Crippen molar-refractivity contribution in [2.45, 2.75) is 26.8 Å². The van der Waals surface area contributed by atoms with Gasteiger partial charge in [0.1, 0.15) is 0 Å². The molecule has 0 amide bonds. The van der Waals surface area contributed by atoms with E-state index in [1.165, 1.54) is 0 Å². The van der Waals surface area contributed by atoms with Crippen LogP contribution in [0.2, 0.25) is 0 Å². The van der Waals surface area contributed by atoms with Gasteiger partial charge in [-0.05, 0) is 6.54 Å². The molecule has 23 heavy (non-hydrogen) atoms. The van der Waals surface area contributed by atoms with E-state index in [2.05, 4.69) is 41.2 Å². The lowest BCUT2D eigenvalue weighted by atomic mass is 10.3. The highest BCUT2D eigenvalue weighted by atomic mass is 16.5. The van der Waals surface area contributed by atoms with Crippen molar-refractivity contribution < 1.29 is 9.47 Å². The Morgan fingerprint density at radius 1 is 0.826 bits per heavy atom. The maximum Gasteiger partial charge on any atom is 0.0594 e. The number of ether oxygens (including phenoxy) is 2. The van der Waals surface area contributed by atoms with Crippen LogP contribution in [-0.4, -0.2) is 101 Å². The third-order valence-corrected chi connectivity index (χ3v) is 4.04. The molecule has 1 fully saturated rings. The van der Waals surface area contributed by atoms with Gasteiger partial charge in [0.15, 0.2) is 0 Å². The molecular weight excluding hydrogens is 292 g/mol. The number of rotatable bonds is 14. The molecule has 1 aliphatic heterocycles. The molecule has 0 unspecified atom stereocenters. The summed E-state index contributed by atoms with van der Waals surface area (Å²) in [6, 6.07) is 0.540. The van der Waals surface area contributed by atoms with E-state index in [4.69, 9.17) is 9.47 Å². The van der Waals surface area contributed by atoms with Crippen LogP contribution >= 0.6 is 0 Å². The fourth-order valence-corrected chi connectivity index (χ4v) is 2.57. The van der Waals surface area contributed by atoms with Gasteiger partial charge in [-0.25, -0.2) is 0 Å². The molecule has 1 heterocycles. The van der Waals surface area contributed by atoms with Crippen molar-refractivity contribution in [3.05, 3.63) is 0 Å². The first kappa shape index (κ1) is 20.8. The third kappa shape index (κ3) is 11.9. The maximum atomic E-state index is 5.68. The lowest BCUT2D eigenvalue weighted by molar-refractivity contribution is 0.0577. The van der Waals surface area contributed by atoms with Crippen molar-refractivity contribution in [1.82, 2.24) is 20.4 Å². The van der Waals surface area contributed by atoms with Gasteiger partial charge < -0.3 is 20.1 Å². The summed E-state index contributed by atoms with van der Waals surface area (Å²) >= 11 is 0. The van der Waals surface area contributed by atoms with Gasteiger partial charge in [-0.1, -0.05) is 20.8 Å². The number of hydrogen-bond donors (Lipinski definition) is 2. The molecule has 1 rings (SSSR count). The van der Waals surface area contributed by atoms with Crippen LogP contribution in [0.25, 0.3) is 0 Å². The average molecular weight is 331 g/mol. The second-order valence-electron chi connectivity index (χ2n) is 6.37. The Balaban J connectivity index is 1.89. The molecule has 0 aliphatic carbocycles. The van der Waals surface area contributed by atoms with E-state index in [0.29, 0.717) is 6.04 Å². The fraction of sp³-hybridized carbons (Fsp3) is 1.00. The molecule has 0 radical (unpaired) electrons. The van der Waals surface area contributed by atoms with Gasteiger partial charge >= 0.3 is 0 Å². The van der Waals surface area contributed by atoms with Crippen LogP contribution in [-0.2, 0) is 9.47 Å². The smallest absolute Gasteiger partial charge is 0.0594 e. The van der Waals surface area contributed by atoms with Gasteiger partial charge in [-0.2, -0.15) is 0 Å². The van der Waals surface area contributed by atoms with Crippen LogP contribution in [0, 0.1) is 0 Å². The van der Waals surface area contributed by atoms with Crippen LogP contribution in [0.1, 0.15) is 20.8 Å². The molecule has 0 atom stereocenters. The van der Waals surface area contributed by atoms with Crippen molar-refractivity contribution in [3.63, 3.8) is 0 Å². The fourth-order valence-electron chi connectivity index (χ4n) is 2.57. The van der Waals surface area contributed by atoms with Crippen LogP contribution in [0.5, 0.6) is 0 Å². The third-order valence-electron chi connectivity index (χ3n) is 4.04. The van der Waals surface area contributed by atoms with Gasteiger partial charge in [-0.15, -0.1) is 0 Å². The van der Waals surface area contributed by atoms with E-state index in [-0.39, 0.29) is 0 Å². The first-order valence-corrected chi connectivity index (χ1v) is 9.26. The molecular formula is C17H38N4O2. The summed E-state index contributed by atoms with van der Waals surface area (Å²) < 4.78 is 11.3. The molecule has 0 aromatic rings. The minimum absolute atomic E-state index is 0.540. The quantitative estimate of drug-likeness (QED) is 0.445. The summed E-state index contributed by atoms with van der Waals surface area (Å²) in [7, 11) is 0. The first-order chi connectivity index (χ1) is 11.2. The summed E-state index contributed by atoms with van der Waals surface area (Å²) in [5, 5.41) is 6.63. The highest BCUT2D eigenvalue weighted by molar-refractivity contribution is 4.71. The minimum atomic E-state index is 0.540. The van der Waals surface area contributed by atoms with E-state index in [9.17, 15) is 0 Å². The zero-order valence-corrected chi connectivity index (χ0v) is 15.5. The van der Waals surface area contributed by atoms with Gasteiger partial charge in [0.25, 0.3) is 0 Å². The Morgan fingerprint density at radius 3 is 1.83 bits per heavy atom. The zero-order valence-electron chi connectivity index (χ0n) is 15.5. The molecule has 1 aliphatic rings. The molecule has 0 aromatic carbocycles. The summed E-state index contributed by atoms with van der Waals surface area (Å²) in [5.74, 6) is 0. The van der Waals surface area contributed by atoms with Crippen LogP contribution in [0.15, 0.2) is 0 Å². The second-order valence-corrected chi connectivity index (χ2v) is 6.37. The summed E-state index contributed by atoms with van der Waals surface area (Å²) in [5.41, 5.74) is 0. The Hall–Kier alpha value is -0.240. The SMILES string of the molecule is CCNCCOCCN1CCN(CCOCCNC(C)C)CC1. The van der Waals surface area contributed by atoms with Crippen LogP contribution < -0.4 is 10.6 Å². The monoisotopic (exact) mass is 330 g/mol. The molecule has 0 aromatic heterocycles. The number of piperazine rings is 1. The molecule has 6 heteroatoms. The van der Waals surface area contributed by atoms with Crippen molar-refractivity contribution in [3.8, 4) is 0 Å². The molecule has 138 valence electrons. The lowest BCUT2D eigenvalue weighted by Crippen LogP contribution is -2.48. The van der Waals surface area contributed by atoms with Gasteiger partial charge in [0.2, 0.25) is 0 Å². The molecule has 0 saturated carbocycles. The highest BCUT2D eigenvalue weighted by Crippen LogP contribution is 2.01. The largest absolute Gasteiger partial charge is 0.379 e. The molecule has 0 bridgehead atoms. The maximum absolute atomic E-state index is 5.68. The van der Waals surface area contributed by atoms with E-state index in [1.807, 2.05) is 0 Å². The van der Waals surface area contributed by atoms with Crippen LogP contribution in [0.4, 0.5) is 0 Å². The van der Waals surface area contributed by atoms with E-state index < -0.39 is 0 Å². The summed E-state index contributed by atoms with van der Waals surface area (Å²) in [4.78, 5) is 5.00. The number of hydrogen-bond acceptors (Lipinski definition) is 6. The number of likely N-dealkylation sites (N-methyl/N-ethyl adjacent to an activating group) is 1. The van der Waals surface area contributed by atoms with Gasteiger partial charge in [-0.3, -0.25) is 9.80 Å². The van der Waals surface area contributed by atoms with Crippen molar-refractivity contribution >= 4 is 0 Å². The molecule has 1 saturated heterocycles. The standard InChI is InChI=1S/C17H38N4O2/c1-4-18-5-13-22-15-11-20-7-9-21(10-8-20)12-16-23-14-6-19-17(2)3/h17-19H,4-16H2,1-3H3. The van der Waals surface area contributed by atoms with Crippen molar-refractivity contribution in [1.29, 1.82) is 0 Å². The second kappa shape index (κ2) is 14.1. The van der Waals surface area contributed by atoms with Crippen molar-refractivity contribution in [2.24, 2.45) is 0 Å². The predicted octanol–water partition coefficient (Wildman–Crippen LogP) is 0.245. The Kier molecular flexibility index (Phi) is 12.8. The number of nitrogens with zero attached hydrogens (tertiary/aromatic N) is 2. The van der Waals surface area contributed by atoms with E-state index in [0.717, 1.165) is 85.3 Å².